The number of hydrogen-bond donors (Lipinski definition) is 3. The maximum atomic E-state index is 11.7. The van der Waals surface area contributed by atoms with E-state index in [4.69, 9.17) is 5.11 Å². The van der Waals surface area contributed by atoms with E-state index in [1.807, 2.05) is 0 Å². The molecule has 2 rings (SSSR count). The Hall–Kier alpha value is -3.26. The van der Waals surface area contributed by atoms with Crippen molar-refractivity contribution in [3.8, 4) is 5.75 Å². The first kappa shape index (κ1) is 17.1. The minimum atomic E-state index is -1.27. The summed E-state index contributed by atoms with van der Waals surface area (Å²) in [5, 5.41) is 36.2. The highest BCUT2D eigenvalue weighted by atomic mass is 16.5. The van der Waals surface area contributed by atoms with Gasteiger partial charge in [0, 0.05) is 12.1 Å². The fourth-order valence-corrected chi connectivity index (χ4v) is 1.84. The first-order chi connectivity index (χ1) is 11.4. The van der Waals surface area contributed by atoms with E-state index in [1.54, 1.807) is 19.1 Å². The predicted molar refractivity (Wildman–Crippen MR) is 84.2 cm³/mol. The third-order valence-electron chi connectivity index (χ3n) is 3.14. The molecule has 2 aromatic rings. The summed E-state index contributed by atoms with van der Waals surface area (Å²) in [5.74, 6) is -2.14. The molecule has 2 aromatic carbocycles. The Labute approximate surface area is 137 Å². The molecule has 0 aliphatic rings. The van der Waals surface area contributed by atoms with Gasteiger partial charge in [0.2, 0.25) is 0 Å². The van der Waals surface area contributed by atoms with Gasteiger partial charge in [-0.05, 0) is 49.4 Å². The highest BCUT2D eigenvalue weighted by Crippen LogP contribution is 2.25. The predicted octanol–water partition coefficient (Wildman–Crippen LogP) is 3.36. The topological polar surface area (TPSA) is 123 Å². The molecule has 0 saturated heterocycles. The Morgan fingerprint density at radius 1 is 1.04 bits per heavy atom. The number of phenols is 1. The standard InChI is InChI=1S/C16H15N3O5/c1-2-19(24)15(21)10-3-5-11(6-4-10)17-18-12-7-8-14(20)13(9-12)16(22)23/h3-9,20,24H,2H2,1H3,(H,22,23). The molecule has 0 aromatic heterocycles. The number of hydroxylamine groups is 2. The zero-order valence-electron chi connectivity index (χ0n) is 12.7. The van der Waals surface area contributed by atoms with E-state index >= 15 is 0 Å². The molecule has 124 valence electrons. The zero-order valence-corrected chi connectivity index (χ0v) is 12.7. The number of aromatic hydroxyl groups is 1. The van der Waals surface area contributed by atoms with Gasteiger partial charge in [-0.1, -0.05) is 0 Å². The van der Waals surface area contributed by atoms with Crippen LogP contribution in [-0.4, -0.2) is 38.9 Å². The van der Waals surface area contributed by atoms with E-state index in [2.05, 4.69) is 10.2 Å². The Balaban J connectivity index is 2.17. The largest absolute Gasteiger partial charge is 0.507 e. The molecule has 0 atom stereocenters. The van der Waals surface area contributed by atoms with E-state index in [0.29, 0.717) is 16.3 Å². The van der Waals surface area contributed by atoms with Gasteiger partial charge in [0.1, 0.15) is 11.3 Å². The highest BCUT2D eigenvalue weighted by Gasteiger charge is 2.11. The summed E-state index contributed by atoms with van der Waals surface area (Å²) in [4.78, 5) is 22.7. The van der Waals surface area contributed by atoms with E-state index in [9.17, 15) is 19.9 Å². The van der Waals surface area contributed by atoms with Crippen molar-refractivity contribution < 1.29 is 25.0 Å². The summed E-state index contributed by atoms with van der Waals surface area (Å²) < 4.78 is 0. The number of carbonyl (C=O) groups excluding carboxylic acids is 1. The molecule has 0 saturated carbocycles. The van der Waals surface area contributed by atoms with Crippen LogP contribution in [0.1, 0.15) is 27.6 Å². The monoisotopic (exact) mass is 329 g/mol. The maximum Gasteiger partial charge on any atom is 0.339 e. The van der Waals surface area contributed by atoms with Crippen molar-refractivity contribution >= 4 is 23.3 Å². The number of carboxylic acid groups (broad SMARTS) is 1. The lowest BCUT2D eigenvalue weighted by Crippen LogP contribution is -2.26. The van der Waals surface area contributed by atoms with Crippen LogP contribution in [0, 0.1) is 0 Å². The van der Waals surface area contributed by atoms with Crippen LogP contribution in [0.4, 0.5) is 11.4 Å². The quantitative estimate of drug-likeness (QED) is 0.441. The molecule has 1 amide bonds. The van der Waals surface area contributed by atoms with Crippen molar-refractivity contribution in [3.63, 3.8) is 0 Å². The molecule has 0 aliphatic heterocycles. The fraction of sp³-hybridized carbons (Fsp3) is 0.125. The highest BCUT2D eigenvalue weighted by molar-refractivity contribution is 5.93. The first-order valence-electron chi connectivity index (χ1n) is 7.01. The Morgan fingerprint density at radius 3 is 2.21 bits per heavy atom. The number of hydrogen-bond acceptors (Lipinski definition) is 6. The summed E-state index contributed by atoms with van der Waals surface area (Å²) in [6.07, 6.45) is 0. The number of azo groups is 1. The zero-order chi connectivity index (χ0) is 17.7. The van der Waals surface area contributed by atoms with Crippen LogP contribution >= 0.6 is 0 Å². The molecular weight excluding hydrogens is 314 g/mol. The van der Waals surface area contributed by atoms with E-state index in [1.165, 1.54) is 30.3 Å². The molecule has 0 heterocycles. The van der Waals surface area contributed by atoms with Gasteiger partial charge in [-0.15, -0.1) is 0 Å². The second kappa shape index (κ2) is 7.34. The molecule has 24 heavy (non-hydrogen) atoms. The molecule has 0 spiro atoms. The first-order valence-corrected chi connectivity index (χ1v) is 7.01. The SMILES string of the molecule is CCN(O)C(=O)c1ccc(N=Nc2ccc(O)c(C(=O)O)c2)cc1. The molecule has 0 bridgehead atoms. The van der Waals surface area contributed by atoms with Crippen LogP contribution in [-0.2, 0) is 0 Å². The summed E-state index contributed by atoms with van der Waals surface area (Å²) in [7, 11) is 0. The minimum absolute atomic E-state index is 0.174. The summed E-state index contributed by atoms with van der Waals surface area (Å²) in [5.41, 5.74) is 0.737. The molecule has 3 N–H and O–H groups in total. The van der Waals surface area contributed by atoms with Crippen molar-refractivity contribution in [2.24, 2.45) is 10.2 Å². The number of aromatic carboxylic acids is 1. The number of carboxylic acids is 1. The molecule has 0 radical (unpaired) electrons. The van der Waals surface area contributed by atoms with Crippen molar-refractivity contribution in [1.82, 2.24) is 5.06 Å². The molecule has 0 fully saturated rings. The van der Waals surface area contributed by atoms with Crippen LogP contribution < -0.4 is 0 Å². The van der Waals surface area contributed by atoms with Crippen LogP contribution in [0.2, 0.25) is 0 Å². The number of carbonyl (C=O) groups is 2. The molecule has 8 heteroatoms. The van der Waals surface area contributed by atoms with E-state index < -0.39 is 11.9 Å². The summed E-state index contributed by atoms with van der Waals surface area (Å²) in [6.45, 7) is 1.82. The lowest BCUT2D eigenvalue weighted by atomic mass is 10.2. The van der Waals surface area contributed by atoms with E-state index in [0.717, 1.165) is 0 Å². The van der Waals surface area contributed by atoms with Crippen LogP contribution in [0.15, 0.2) is 52.7 Å². The van der Waals surface area contributed by atoms with Gasteiger partial charge in [0.05, 0.1) is 11.4 Å². The summed E-state index contributed by atoms with van der Waals surface area (Å²) in [6, 6.07) is 9.92. The normalized spacial score (nSPS) is 10.8. The second-order valence-electron chi connectivity index (χ2n) is 4.77. The number of rotatable bonds is 5. The fourth-order valence-electron chi connectivity index (χ4n) is 1.84. The van der Waals surface area contributed by atoms with Crippen molar-refractivity contribution in [3.05, 3.63) is 53.6 Å². The van der Waals surface area contributed by atoms with Gasteiger partial charge in [-0.2, -0.15) is 10.2 Å². The van der Waals surface area contributed by atoms with Gasteiger partial charge in [0.15, 0.2) is 0 Å². The Bertz CT molecular complexity index is 787. The van der Waals surface area contributed by atoms with Gasteiger partial charge in [-0.25, -0.2) is 9.86 Å². The lowest BCUT2D eigenvalue weighted by Gasteiger charge is -2.11. The van der Waals surface area contributed by atoms with Crippen molar-refractivity contribution in [2.75, 3.05) is 6.54 Å². The number of amides is 1. The van der Waals surface area contributed by atoms with Crippen LogP contribution in [0.5, 0.6) is 5.75 Å². The molecular formula is C16H15N3O5. The smallest absolute Gasteiger partial charge is 0.339 e. The van der Waals surface area contributed by atoms with Crippen molar-refractivity contribution in [1.29, 1.82) is 0 Å². The van der Waals surface area contributed by atoms with Crippen LogP contribution in [0.3, 0.4) is 0 Å². The van der Waals surface area contributed by atoms with Gasteiger partial charge >= 0.3 is 5.97 Å². The molecule has 0 aliphatic carbocycles. The van der Waals surface area contributed by atoms with Crippen LogP contribution in [0.25, 0.3) is 0 Å². The number of nitrogens with zero attached hydrogens (tertiary/aromatic N) is 3. The third kappa shape index (κ3) is 3.93. The minimum Gasteiger partial charge on any atom is -0.507 e. The van der Waals surface area contributed by atoms with Gasteiger partial charge < -0.3 is 10.2 Å². The lowest BCUT2D eigenvalue weighted by molar-refractivity contribution is -0.0541. The Kier molecular flexibility index (Phi) is 5.23. The average molecular weight is 329 g/mol. The van der Waals surface area contributed by atoms with Crippen molar-refractivity contribution in [2.45, 2.75) is 6.92 Å². The Morgan fingerprint density at radius 2 is 1.62 bits per heavy atom. The average Bonchev–Trinajstić information content (AvgIpc) is 2.59. The van der Waals surface area contributed by atoms with Gasteiger partial charge in [0.25, 0.3) is 5.91 Å². The molecule has 8 nitrogen and oxygen atoms in total. The number of benzene rings is 2. The van der Waals surface area contributed by atoms with Gasteiger partial charge in [-0.3, -0.25) is 10.0 Å². The summed E-state index contributed by atoms with van der Waals surface area (Å²) >= 11 is 0. The molecule has 0 unspecified atom stereocenters. The third-order valence-corrected chi connectivity index (χ3v) is 3.14. The second-order valence-corrected chi connectivity index (χ2v) is 4.77. The van der Waals surface area contributed by atoms with E-state index in [-0.39, 0.29) is 23.5 Å². The maximum absolute atomic E-state index is 11.7.